The van der Waals surface area contributed by atoms with Crippen LogP contribution in [0.2, 0.25) is 0 Å². The highest BCUT2D eigenvalue weighted by Gasteiger charge is 2.32. The summed E-state index contributed by atoms with van der Waals surface area (Å²) in [6, 6.07) is 8.25. The number of nitrogens with two attached hydrogens (primary N) is 1. The third-order valence-electron chi connectivity index (χ3n) is 4.03. The first-order chi connectivity index (χ1) is 8.75. The van der Waals surface area contributed by atoms with Gasteiger partial charge in [0.15, 0.2) is 0 Å². The summed E-state index contributed by atoms with van der Waals surface area (Å²) < 4.78 is 2.13. The summed E-state index contributed by atoms with van der Waals surface area (Å²) in [4.78, 5) is 4.55. The highest BCUT2D eigenvalue weighted by atomic mass is 15.0. The van der Waals surface area contributed by atoms with E-state index in [2.05, 4.69) is 28.7 Å². The molecule has 94 valence electrons. The normalized spacial score (nSPS) is 17.4. The molecule has 2 N–H and O–H groups in total. The third kappa shape index (κ3) is 1.90. The van der Waals surface area contributed by atoms with Gasteiger partial charge < -0.3 is 10.3 Å². The van der Waals surface area contributed by atoms with Gasteiger partial charge in [-0.25, -0.2) is 4.98 Å². The molecule has 3 rings (SSSR count). The number of nitrogens with zero attached hydrogens (tertiary/aromatic N) is 2. The average Bonchev–Trinajstić information content (AvgIpc) is 2.69. The molecule has 18 heavy (non-hydrogen) atoms. The lowest BCUT2D eigenvalue weighted by molar-refractivity contribution is 0.275. The molecular weight excluding hydrogens is 222 g/mol. The minimum absolute atomic E-state index is 0.391. The summed E-state index contributed by atoms with van der Waals surface area (Å²) in [5.41, 5.74) is 8.06. The summed E-state index contributed by atoms with van der Waals surface area (Å²) in [6.45, 7) is 0. The van der Waals surface area contributed by atoms with E-state index in [1.54, 1.807) is 0 Å². The van der Waals surface area contributed by atoms with Crippen molar-refractivity contribution in [1.82, 2.24) is 9.55 Å². The lowest BCUT2D eigenvalue weighted by Gasteiger charge is -2.33. The van der Waals surface area contributed by atoms with Crippen LogP contribution in [0.15, 0.2) is 36.7 Å². The number of hydrogen-bond acceptors (Lipinski definition) is 2. The van der Waals surface area contributed by atoms with Gasteiger partial charge in [-0.3, -0.25) is 0 Å². The zero-order chi connectivity index (χ0) is 12.5. The van der Waals surface area contributed by atoms with E-state index in [0.717, 1.165) is 11.5 Å². The molecule has 0 unspecified atom stereocenters. The molecule has 1 aromatic heterocycles. The fourth-order valence-corrected chi connectivity index (χ4v) is 2.83. The number of hydrogen-bond donors (Lipinski definition) is 1. The van der Waals surface area contributed by atoms with Crippen LogP contribution in [-0.2, 0) is 7.05 Å². The molecule has 1 saturated carbocycles. The Labute approximate surface area is 108 Å². The highest BCUT2D eigenvalue weighted by Crippen LogP contribution is 2.42. The third-order valence-corrected chi connectivity index (χ3v) is 4.03. The fourth-order valence-electron chi connectivity index (χ4n) is 2.83. The largest absolute Gasteiger partial charge is 0.399 e. The van der Waals surface area contributed by atoms with Crippen molar-refractivity contribution in [1.29, 1.82) is 0 Å². The van der Waals surface area contributed by atoms with Gasteiger partial charge in [-0.05, 0) is 36.5 Å². The number of benzene rings is 1. The minimum atomic E-state index is 0.391. The van der Waals surface area contributed by atoms with Crippen molar-refractivity contribution in [2.24, 2.45) is 13.0 Å². The molecule has 1 atom stereocenters. The highest BCUT2D eigenvalue weighted by molar-refractivity contribution is 5.43. The topological polar surface area (TPSA) is 43.8 Å². The summed E-state index contributed by atoms with van der Waals surface area (Å²) in [6.07, 6.45) is 7.84. The molecule has 0 saturated heterocycles. The smallest absolute Gasteiger partial charge is 0.116 e. The van der Waals surface area contributed by atoms with E-state index in [-0.39, 0.29) is 0 Å². The number of rotatable bonds is 3. The van der Waals surface area contributed by atoms with Crippen LogP contribution >= 0.6 is 0 Å². The van der Waals surface area contributed by atoms with Crippen molar-refractivity contribution in [2.45, 2.75) is 25.2 Å². The fraction of sp³-hybridized carbons (Fsp3) is 0.400. The van der Waals surface area contributed by atoms with Gasteiger partial charge in [-0.2, -0.15) is 0 Å². The van der Waals surface area contributed by atoms with E-state index in [1.807, 2.05) is 24.5 Å². The second-order valence-electron chi connectivity index (χ2n) is 5.24. The number of aryl methyl sites for hydroxylation is 1. The van der Waals surface area contributed by atoms with Crippen LogP contribution in [0.5, 0.6) is 0 Å². The van der Waals surface area contributed by atoms with Crippen LogP contribution in [0.25, 0.3) is 0 Å². The van der Waals surface area contributed by atoms with Crippen LogP contribution in [0.1, 0.15) is 36.6 Å². The van der Waals surface area contributed by atoms with Crippen molar-refractivity contribution in [2.75, 3.05) is 5.73 Å². The molecule has 3 heteroatoms. The molecule has 1 aliphatic carbocycles. The monoisotopic (exact) mass is 241 g/mol. The van der Waals surface area contributed by atoms with Gasteiger partial charge in [-0.15, -0.1) is 0 Å². The number of anilines is 1. The minimum Gasteiger partial charge on any atom is -0.399 e. The van der Waals surface area contributed by atoms with Crippen LogP contribution in [0.3, 0.4) is 0 Å². The first-order valence-corrected chi connectivity index (χ1v) is 6.58. The standard InChI is InChI=1S/C15H19N3/c1-18-9-8-17-15(18)14(11-4-2-5-11)12-6-3-7-13(16)10-12/h3,6-11,14H,2,4-5,16H2,1H3/t14-/m1/s1. The Morgan fingerprint density at radius 1 is 1.39 bits per heavy atom. The quantitative estimate of drug-likeness (QED) is 0.840. The zero-order valence-electron chi connectivity index (χ0n) is 10.7. The van der Waals surface area contributed by atoms with Crippen molar-refractivity contribution in [3.8, 4) is 0 Å². The SMILES string of the molecule is Cn1ccnc1[C@@H](c1cccc(N)c1)C1CCC1. The van der Waals surface area contributed by atoms with Gasteiger partial charge in [0.25, 0.3) is 0 Å². The molecule has 1 heterocycles. The Hall–Kier alpha value is -1.77. The predicted molar refractivity (Wildman–Crippen MR) is 73.2 cm³/mol. The molecule has 1 aromatic carbocycles. The second kappa shape index (κ2) is 4.48. The average molecular weight is 241 g/mol. The Balaban J connectivity index is 2.03. The molecule has 0 bridgehead atoms. The van der Waals surface area contributed by atoms with Gasteiger partial charge in [0, 0.05) is 31.0 Å². The molecule has 0 amide bonds. The Bertz CT molecular complexity index is 540. The van der Waals surface area contributed by atoms with Crippen LogP contribution in [0, 0.1) is 5.92 Å². The van der Waals surface area contributed by atoms with Gasteiger partial charge in [0.1, 0.15) is 5.82 Å². The maximum absolute atomic E-state index is 5.92. The summed E-state index contributed by atoms with van der Waals surface area (Å²) in [7, 11) is 2.07. The summed E-state index contributed by atoms with van der Waals surface area (Å²) in [5.74, 6) is 2.26. The molecule has 0 radical (unpaired) electrons. The summed E-state index contributed by atoms with van der Waals surface area (Å²) >= 11 is 0. The lowest BCUT2D eigenvalue weighted by Crippen LogP contribution is -2.23. The van der Waals surface area contributed by atoms with Crippen LogP contribution in [0.4, 0.5) is 5.69 Å². The maximum atomic E-state index is 5.92. The lowest BCUT2D eigenvalue weighted by atomic mass is 9.72. The van der Waals surface area contributed by atoms with E-state index in [9.17, 15) is 0 Å². The predicted octanol–water partition coefficient (Wildman–Crippen LogP) is 2.93. The maximum Gasteiger partial charge on any atom is 0.116 e. The van der Waals surface area contributed by atoms with Crippen LogP contribution < -0.4 is 5.73 Å². The van der Waals surface area contributed by atoms with Crippen molar-refractivity contribution in [3.05, 3.63) is 48.0 Å². The molecule has 1 fully saturated rings. The van der Waals surface area contributed by atoms with Gasteiger partial charge in [0.05, 0.1) is 0 Å². The first-order valence-electron chi connectivity index (χ1n) is 6.58. The van der Waals surface area contributed by atoms with E-state index in [0.29, 0.717) is 11.8 Å². The Morgan fingerprint density at radius 3 is 2.78 bits per heavy atom. The number of aromatic nitrogens is 2. The second-order valence-corrected chi connectivity index (χ2v) is 5.24. The van der Waals surface area contributed by atoms with Gasteiger partial charge >= 0.3 is 0 Å². The van der Waals surface area contributed by atoms with Gasteiger partial charge in [-0.1, -0.05) is 18.6 Å². The van der Waals surface area contributed by atoms with Crippen LogP contribution in [-0.4, -0.2) is 9.55 Å². The van der Waals surface area contributed by atoms with Crippen molar-refractivity contribution >= 4 is 5.69 Å². The van der Waals surface area contributed by atoms with E-state index < -0.39 is 0 Å². The molecule has 0 spiro atoms. The Kier molecular flexibility index (Phi) is 2.82. The zero-order valence-corrected chi connectivity index (χ0v) is 10.7. The molecule has 1 aliphatic rings. The van der Waals surface area contributed by atoms with E-state index in [1.165, 1.54) is 24.8 Å². The summed E-state index contributed by atoms with van der Waals surface area (Å²) in [5, 5.41) is 0. The van der Waals surface area contributed by atoms with E-state index >= 15 is 0 Å². The first kappa shape index (κ1) is 11.3. The van der Waals surface area contributed by atoms with Crippen molar-refractivity contribution < 1.29 is 0 Å². The molecule has 0 aliphatic heterocycles. The molecule has 2 aromatic rings. The van der Waals surface area contributed by atoms with Gasteiger partial charge in [0.2, 0.25) is 0 Å². The van der Waals surface area contributed by atoms with Crippen molar-refractivity contribution in [3.63, 3.8) is 0 Å². The van der Waals surface area contributed by atoms with E-state index in [4.69, 9.17) is 5.73 Å². The number of imidazole rings is 1. The molecular formula is C15H19N3. The Morgan fingerprint density at radius 2 is 2.22 bits per heavy atom. The number of nitrogen functional groups attached to an aromatic ring is 1. The molecule has 3 nitrogen and oxygen atoms in total.